The normalized spacial score (nSPS) is 18.7. The highest BCUT2D eigenvalue weighted by atomic mass is 16.2. The number of likely N-dealkylation sites (N-methyl/N-ethyl adjacent to an activating group) is 1. The van der Waals surface area contributed by atoms with Crippen molar-refractivity contribution in [3.8, 4) is 0 Å². The number of pyridine rings is 1. The van der Waals surface area contributed by atoms with Crippen molar-refractivity contribution in [2.24, 2.45) is 0 Å². The van der Waals surface area contributed by atoms with E-state index in [-0.39, 0.29) is 11.9 Å². The molecular weight excluding hydrogens is 348 g/mol. The average Bonchev–Trinajstić information content (AvgIpc) is 2.89. The Morgan fingerprint density at radius 1 is 1.04 bits per heavy atom. The second-order valence-corrected chi connectivity index (χ2v) is 7.53. The van der Waals surface area contributed by atoms with E-state index in [0.29, 0.717) is 5.69 Å². The Labute approximate surface area is 166 Å². The third-order valence-electron chi connectivity index (χ3n) is 5.28. The van der Waals surface area contributed by atoms with Gasteiger partial charge in [-0.2, -0.15) is 0 Å². The minimum Gasteiger partial charge on any atom is -0.345 e. The summed E-state index contributed by atoms with van der Waals surface area (Å²) < 4.78 is 0. The van der Waals surface area contributed by atoms with Crippen LogP contribution in [0.2, 0.25) is 0 Å². The van der Waals surface area contributed by atoms with Gasteiger partial charge in [-0.15, -0.1) is 0 Å². The van der Waals surface area contributed by atoms with E-state index in [0.717, 1.165) is 43.5 Å². The minimum absolute atomic E-state index is 0.0597. The third kappa shape index (κ3) is 4.38. The zero-order chi connectivity index (χ0) is 19.3. The molecule has 0 radical (unpaired) electrons. The van der Waals surface area contributed by atoms with Gasteiger partial charge in [0.25, 0.3) is 5.91 Å². The molecule has 28 heavy (non-hydrogen) atoms. The lowest BCUT2D eigenvalue weighted by atomic mass is 10.1. The SMILES string of the molecule is CN1CCN(Cc2ccccc2)CC(NC(=O)c2nccc3ccccc23)C1. The lowest BCUT2D eigenvalue weighted by molar-refractivity contribution is 0.0921. The van der Waals surface area contributed by atoms with Crippen LogP contribution in [-0.2, 0) is 6.54 Å². The molecule has 5 nitrogen and oxygen atoms in total. The molecule has 1 saturated heterocycles. The molecule has 1 amide bonds. The standard InChI is InChI=1S/C23H26N4O/c1-26-13-14-27(15-18-7-3-2-4-8-18)17-20(16-26)25-23(28)22-21-10-6-5-9-19(21)11-12-24-22/h2-12,20H,13-17H2,1H3,(H,25,28). The van der Waals surface area contributed by atoms with Gasteiger partial charge in [-0.1, -0.05) is 54.6 Å². The third-order valence-corrected chi connectivity index (χ3v) is 5.28. The molecule has 0 aliphatic carbocycles. The fourth-order valence-corrected chi connectivity index (χ4v) is 3.87. The average molecular weight is 374 g/mol. The highest BCUT2D eigenvalue weighted by Crippen LogP contribution is 2.17. The summed E-state index contributed by atoms with van der Waals surface area (Å²) in [5, 5.41) is 5.16. The fraction of sp³-hybridized carbons (Fsp3) is 0.304. The van der Waals surface area contributed by atoms with Crippen LogP contribution in [-0.4, -0.2) is 60.0 Å². The Kier molecular flexibility index (Phi) is 5.65. The van der Waals surface area contributed by atoms with Gasteiger partial charge in [0.1, 0.15) is 5.69 Å². The van der Waals surface area contributed by atoms with Crippen molar-refractivity contribution in [2.75, 3.05) is 33.2 Å². The van der Waals surface area contributed by atoms with Crippen molar-refractivity contribution < 1.29 is 4.79 Å². The van der Waals surface area contributed by atoms with Crippen LogP contribution < -0.4 is 5.32 Å². The second kappa shape index (κ2) is 8.50. The Hall–Kier alpha value is -2.76. The van der Waals surface area contributed by atoms with Gasteiger partial charge in [-0.3, -0.25) is 14.7 Å². The molecule has 0 saturated carbocycles. The highest BCUT2D eigenvalue weighted by molar-refractivity contribution is 6.05. The molecule has 0 spiro atoms. The highest BCUT2D eigenvalue weighted by Gasteiger charge is 2.24. The van der Waals surface area contributed by atoms with Crippen LogP contribution >= 0.6 is 0 Å². The molecule has 144 valence electrons. The number of nitrogens with one attached hydrogen (secondary N) is 1. The van der Waals surface area contributed by atoms with Crippen molar-refractivity contribution >= 4 is 16.7 Å². The first-order valence-electron chi connectivity index (χ1n) is 9.78. The minimum atomic E-state index is -0.100. The van der Waals surface area contributed by atoms with Gasteiger partial charge in [-0.05, 0) is 24.1 Å². The van der Waals surface area contributed by atoms with E-state index < -0.39 is 0 Å². The number of carbonyl (C=O) groups excluding carboxylic acids is 1. The largest absolute Gasteiger partial charge is 0.345 e. The predicted octanol–water partition coefficient (Wildman–Crippen LogP) is 2.78. The first-order valence-corrected chi connectivity index (χ1v) is 9.78. The zero-order valence-corrected chi connectivity index (χ0v) is 16.2. The molecule has 4 rings (SSSR count). The molecule has 1 aromatic heterocycles. The van der Waals surface area contributed by atoms with Crippen LogP contribution in [0.5, 0.6) is 0 Å². The topological polar surface area (TPSA) is 48.5 Å². The molecule has 0 bridgehead atoms. The second-order valence-electron chi connectivity index (χ2n) is 7.53. The molecule has 1 fully saturated rings. The Balaban J connectivity index is 1.49. The van der Waals surface area contributed by atoms with Crippen molar-refractivity contribution in [1.29, 1.82) is 0 Å². The molecule has 1 unspecified atom stereocenters. The maximum absolute atomic E-state index is 13.0. The van der Waals surface area contributed by atoms with Crippen molar-refractivity contribution in [3.63, 3.8) is 0 Å². The molecule has 1 aliphatic heterocycles. The molecule has 1 aliphatic rings. The number of benzene rings is 2. The van der Waals surface area contributed by atoms with Crippen LogP contribution in [0.4, 0.5) is 0 Å². The molecule has 3 aromatic rings. The van der Waals surface area contributed by atoms with Crippen molar-refractivity contribution in [2.45, 2.75) is 12.6 Å². The Morgan fingerprint density at radius 3 is 2.68 bits per heavy atom. The number of carbonyl (C=O) groups is 1. The molecular formula is C23H26N4O. The molecule has 1 N–H and O–H groups in total. The molecule has 2 aromatic carbocycles. The number of rotatable bonds is 4. The van der Waals surface area contributed by atoms with Crippen molar-refractivity contribution in [1.82, 2.24) is 20.1 Å². The summed E-state index contributed by atoms with van der Waals surface area (Å²) in [5.41, 5.74) is 1.80. The van der Waals surface area contributed by atoms with Crippen LogP contribution in [0, 0.1) is 0 Å². The maximum atomic E-state index is 13.0. The smallest absolute Gasteiger partial charge is 0.270 e. The van der Waals surface area contributed by atoms with Gasteiger partial charge in [0.05, 0.1) is 6.04 Å². The van der Waals surface area contributed by atoms with E-state index in [1.807, 2.05) is 36.4 Å². The molecule has 1 atom stereocenters. The maximum Gasteiger partial charge on any atom is 0.270 e. The predicted molar refractivity (Wildman–Crippen MR) is 112 cm³/mol. The zero-order valence-electron chi connectivity index (χ0n) is 16.2. The van der Waals surface area contributed by atoms with Gasteiger partial charge in [0, 0.05) is 44.3 Å². The first kappa shape index (κ1) is 18.6. The van der Waals surface area contributed by atoms with E-state index >= 15 is 0 Å². The summed E-state index contributed by atoms with van der Waals surface area (Å²) in [5.74, 6) is -0.100. The Morgan fingerprint density at radius 2 is 1.82 bits per heavy atom. The van der Waals surface area contributed by atoms with Crippen LogP contribution in [0.25, 0.3) is 10.8 Å². The quantitative estimate of drug-likeness (QED) is 0.763. The summed E-state index contributed by atoms with van der Waals surface area (Å²) in [6, 6.07) is 20.4. The van der Waals surface area contributed by atoms with E-state index in [9.17, 15) is 4.79 Å². The van der Waals surface area contributed by atoms with Gasteiger partial charge < -0.3 is 10.2 Å². The van der Waals surface area contributed by atoms with Gasteiger partial charge >= 0.3 is 0 Å². The summed E-state index contributed by atoms with van der Waals surface area (Å²) in [7, 11) is 2.11. The molecule has 5 heteroatoms. The number of fused-ring (bicyclic) bond motifs is 1. The summed E-state index contributed by atoms with van der Waals surface area (Å²) in [6.07, 6.45) is 1.71. The van der Waals surface area contributed by atoms with E-state index in [1.54, 1.807) is 6.20 Å². The number of amides is 1. The monoisotopic (exact) mass is 374 g/mol. The number of aromatic nitrogens is 1. The van der Waals surface area contributed by atoms with E-state index in [1.165, 1.54) is 5.56 Å². The number of hydrogen-bond donors (Lipinski definition) is 1. The van der Waals surface area contributed by atoms with Crippen LogP contribution in [0.15, 0.2) is 66.9 Å². The van der Waals surface area contributed by atoms with Crippen LogP contribution in [0.3, 0.4) is 0 Å². The van der Waals surface area contributed by atoms with Gasteiger partial charge in [-0.25, -0.2) is 0 Å². The van der Waals surface area contributed by atoms with E-state index in [2.05, 4.69) is 51.4 Å². The molecule has 2 heterocycles. The fourth-order valence-electron chi connectivity index (χ4n) is 3.87. The Bertz CT molecular complexity index is 938. The number of nitrogens with zero attached hydrogens (tertiary/aromatic N) is 3. The van der Waals surface area contributed by atoms with Crippen molar-refractivity contribution in [3.05, 3.63) is 78.1 Å². The lowest BCUT2D eigenvalue weighted by Crippen LogP contribution is -2.46. The van der Waals surface area contributed by atoms with E-state index in [4.69, 9.17) is 0 Å². The summed E-state index contributed by atoms with van der Waals surface area (Å²) >= 11 is 0. The summed E-state index contributed by atoms with van der Waals surface area (Å²) in [4.78, 5) is 22.1. The van der Waals surface area contributed by atoms with Gasteiger partial charge in [0.15, 0.2) is 0 Å². The number of hydrogen-bond acceptors (Lipinski definition) is 4. The lowest BCUT2D eigenvalue weighted by Gasteiger charge is -2.25. The van der Waals surface area contributed by atoms with Gasteiger partial charge in [0.2, 0.25) is 0 Å². The summed E-state index contributed by atoms with van der Waals surface area (Å²) in [6.45, 7) is 4.54. The first-order chi connectivity index (χ1) is 13.7. The van der Waals surface area contributed by atoms with Crippen LogP contribution in [0.1, 0.15) is 16.1 Å².